The van der Waals surface area contributed by atoms with E-state index < -0.39 is 11.9 Å². The molecule has 0 atom stereocenters. The van der Waals surface area contributed by atoms with Crippen molar-refractivity contribution < 1.29 is 19.1 Å². The minimum absolute atomic E-state index is 0.122. The molecule has 0 bridgehead atoms. The van der Waals surface area contributed by atoms with Crippen LogP contribution in [0.25, 0.3) is 0 Å². The Morgan fingerprint density at radius 3 is 1.52 bits per heavy atom. The monoisotopic (exact) mass is 432 g/mol. The van der Waals surface area contributed by atoms with E-state index in [1.165, 1.54) is 38.5 Å². The van der Waals surface area contributed by atoms with Crippen LogP contribution in [0, 0.1) is 28.6 Å². The Labute approximate surface area is 188 Å². The summed E-state index contributed by atoms with van der Waals surface area (Å²) in [5.74, 6) is -0.458. The molecule has 0 aromatic carbocycles. The molecule has 0 saturated heterocycles. The van der Waals surface area contributed by atoms with Crippen LogP contribution in [0.4, 0.5) is 0 Å². The van der Waals surface area contributed by atoms with Gasteiger partial charge < -0.3 is 9.47 Å². The molecule has 0 radical (unpaired) electrons. The third-order valence-corrected chi connectivity index (χ3v) is 4.40. The number of nitriles is 2. The maximum atomic E-state index is 11.0. The lowest BCUT2D eigenvalue weighted by Crippen LogP contribution is -2.07. The fourth-order valence-electron chi connectivity index (χ4n) is 2.49. The van der Waals surface area contributed by atoms with Crippen LogP contribution in [0.15, 0.2) is 24.3 Å². The molecule has 0 spiro atoms. The normalized spacial score (nSPS) is 9.61. The smallest absolute Gasteiger partial charge is 0.348 e. The van der Waals surface area contributed by atoms with Crippen molar-refractivity contribution in [1.82, 2.24) is 0 Å². The number of carbonyl (C=O) groups is 2. The highest BCUT2D eigenvalue weighted by Gasteiger charge is 2.07. The third kappa shape index (κ3) is 21.9. The number of esters is 2. The molecule has 0 fully saturated rings. The third-order valence-electron chi connectivity index (χ3n) is 4.40. The van der Waals surface area contributed by atoms with Crippen molar-refractivity contribution in [1.29, 1.82) is 10.5 Å². The van der Waals surface area contributed by atoms with Crippen molar-refractivity contribution in [2.75, 3.05) is 13.2 Å². The molecule has 0 saturated carbocycles. The number of hydrogen-bond acceptors (Lipinski definition) is 6. The lowest BCUT2D eigenvalue weighted by atomic mass is 10.1. The second kappa shape index (κ2) is 22.1. The first-order valence-electron chi connectivity index (χ1n) is 11.3. The van der Waals surface area contributed by atoms with E-state index in [1.807, 2.05) is 0 Å². The summed E-state index contributed by atoms with van der Waals surface area (Å²) in [7, 11) is 0. The highest BCUT2D eigenvalue weighted by Crippen LogP contribution is 2.08. The highest BCUT2D eigenvalue weighted by molar-refractivity contribution is 5.92. The van der Waals surface area contributed by atoms with Crippen molar-refractivity contribution in [2.24, 2.45) is 5.92 Å². The summed E-state index contributed by atoms with van der Waals surface area (Å²) < 4.78 is 9.70. The first-order valence-corrected chi connectivity index (χ1v) is 11.3. The van der Waals surface area contributed by atoms with Crippen LogP contribution in [0.5, 0.6) is 0 Å². The molecule has 0 aromatic rings. The van der Waals surface area contributed by atoms with Gasteiger partial charge in [0.25, 0.3) is 0 Å². The maximum Gasteiger partial charge on any atom is 0.348 e. The van der Waals surface area contributed by atoms with Gasteiger partial charge in [0.1, 0.15) is 23.3 Å². The fourth-order valence-corrected chi connectivity index (χ4v) is 2.49. The van der Waals surface area contributed by atoms with Crippen LogP contribution in [-0.2, 0) is 19.1 Å². The molecule has 0 aliphatic rings. The second-order valence-corrected chi connectivity index (χ2v) is 7.82. The van der Waals surface area contributed by atoms with Gasteiger partial charge in [-0.15, -0.1) is 0 Å². The Morgan fingerprint density at radius 2 is 1.13 bits per heavy atom. The van der Waals surface area contributed by atoms with E-state index in [9.17, 15) is 9.59 Å². The zero-order valence-corrected chi connectivity index (χ0v) is 19.7. The number of ether oxygens (including phenoxy) is 2. The highest BCUT2D eigenvalue weighted by atomic mass is 16.5. The summed E-state index contributed by atoms with van der Waals surface area (Å²) in [4.78, 5) is 22.0. The van der Waals surface area contributed by atoms with Crippen molar-refractivity contribution in [2.45, 2.75) is 91.4 Å². The van der Waals surface area contributed by atoms with E-state index in [2.05, 4.69) is 33.9 Å². The molecule has 0 N–H and O–H groups in total. The minimum Gasteiger partial charge on any atom is -0.462 e. The Bertz CT molecular complexity index is 612. The standard InChI is InChI=1S/C13H21NO2.C12H19NO2/c1-3-4-5-6-7-8-9-10-16-13(15)12(2)11-14;1-10(2)7-5-4-6-8-15-12(14)11(3)9-13/h2-10H2,1H3;10H,3-8H2,1-2H3. The van der Waals surface area contributed by atoms with E-state index in [0.29, 0.717) is 13.2 Å². The van der Waals surface area contributed by atoms with E-state index >= 15 is 0 Å². The molecule has 6 heteroatoms. The Hall–Kier alpha value is -2.60. The van der Waals surface area contributed by atoms with Crippen LogP contribution in [0.3, 0.4) is 0 Å². The lowest BCUT2D eigenvalue weighted by molar-refractivity contribution is -0.139. The van der Waals surface area contributed by atoms with Gasteiger partial charge in [-0.25, -0.2) is 9.59 Å². The predicted octanol–water partition coefficient (Wildman–Crippen LogP) is 6.19. The van der Waals surface area contributed by atoms with Gasteiger partial charge in [0.05, 0.1) is 13.2 Å². The van der Waals surface area contributed by atoms with E-state index in [4.69, 9.17) is 20.0 Å². The van der Waals surface area contributed by atoms with Gasteiger partial charge in [0.15, 0.2) is 0 Å². The number of rotatable bonds is 16. The van der Waals surface area contributed by atoms with Crippen molar-refractivity contribution >= 4 is 11.9 Å². The van der Waals surface area contributed by atoms with Crippen LogP contribution in [-0.4, -0.2) is 25.2 Å². The van der Waals surface area contributed by atoms with E-state index in [-0.39, 0.29) is 11.1 Å². The average Bonchev–Trinajstić information content (AvgIpc) is 2.76. The minimum atomic E-state index is -0.596. The summed E-state index contributed by atoms with van der Waals surface area (Å²) in [5, 5.41) is 16.7. The lowest BCUT2D eigenvalue weighted by Gasteiger charge is -2.05. The van der Waals surface area contributed by atoms with Gasteiger partial charge in [0, 0.05) is 0 Å². The number of nitrogens with zero attached hydrogens (tertiary/aromatic N) is 2. The van der Waals surface area contributed by atoms with Gasteiger partial charge in [-0.2, -0.15) is 10.5 Å². The van der Waals surface area contributed by atoms with E-state index in [0.717, 1.165) is 38.0 Å². The summed E-state index contributed by atoms with van der Waals surface area (Å²) in [6.07, 6.45) is 12.5. The summed E-state index contributed by atoms with van der Waals surface area (Å²) in [6.45, 7) is 13.9. The molecule has 6 nitrogen and oxygen atoms in total. The van der Waals surface area contributed by atoms with Gasteiger partial charge in [-0.1, -0.05) is 91.7 Å². The van der Waals surface area contributed by atoms with Gasteiger partial charge in [-0.3, -0.25) is 0 Å². The molecule has 0 heterocycles. The van der Waals surface area contributed by atoms with Crippen molar-refractivity contribution in [3.05, 3.63) is 24.3 Å². The SMILES string of the molecule is C=C(C#N)C(=O)OCCCCCC(C)C.C=C(C#N)C(=O)OCCCCCCCCC. The van der Waals surface area contributed by atoms with Gasteiger partial charge >= 0.3 is 11.9 Å². The zero-order valence-electron chi connectivity index (χ0n) is 19.7. The molecular weight excluding hydrogens is 392 g/mol. The number of hydrogen-bond donors (Lipinski definition) is 0. The van der Waals surface area contributed by atoms with E-state index in [1.54, 1.807) is 12.1 Å². The summed E-state index contributed by atoms with van der Waals surface area (Å²) >= 11 is 0. The first kappa shape index (κ1) is 30.6. The van der Waals surface area contributed by atoms with Gasteiger partial charge in [0.2, 0.25) is 0 Å². The maximum absolute atomic E-state index is 11.0. The Kier molecular flexibility index (Phi) is 21.8. The molecular formula is C25H40N2O4. The summed E-state index contributed by atoms with van der Waals surface area (Å²) in [6, 6.07) is 3.33. The van der Waals surface area contributed by atoms with Crippen LogP contribution < -0.4 is 0 Å². The summed E-state index contributed by atoms with van der Waals surface area (Å²) in [5.41, 5.74) is -0.250. The zero-order chi connectivity index (χ0) is 23.9. The van der Waals surface area contributed by atoms with Crippen molar-refractivity contribution in [3.8, 4) is 12.1 Å². The molecule has 0 aliphatic carbocycles. The van der Waals surface area contributed by atoms with Crippen LogP contribution in [0.2, 0.25) is 0 Å². The second-order valence-electron chi connectivity index (χ2n) is 7.82. The topological polar surface area (TPSA) is 100 Å². The largest absolute Gasteiger partial charge is 0.462 e. The van der Waals surface area contributed by atoms with Crippen LogP contribution >= 0.6 is 0 Å². The molecule has 0 aromatic heterocycles. The Balaban J connectivity index is 0. The molecule has 0 amide bonds. The number of unbranched alkanes of at least 4 members (excludes halogenated alkanes) is 8. The fraction of sp³-hybridized carbons (Fsp3) is 0.680. The van der Waals surface area contributed by atoms with Crippen molar-refractivity contribution in [3.63, 3.8) is 0 Å². The number of carbonyl (C=O) groups excluding carboxylic acids is 2. The molecule has 0 unspecified atom stereocenters. The quantitative estimate of drug-likeness (QED) is 0.125. The van der Waals surface area contributed by atoms with Crippen LogP contribution in [0.1, 0.15) is 91.4 Å². The molecule has 31 heavy (non-hydrogen) atoms. The first-order chi connectivity index (χ1) is 14.8. The van der Waals surface area contributed by atoms with Gasteiger partial charge in [-0.05, 0) is 18.8 Å². The average molecular weight is 433 g/mol. The Morgan fingerprint density at radius 1 is 0.742 bits per heavy atom. The molecule has 0 aliphatic heterocycles. The molecule has 174 valence electrons. The molecule has 0 rings (SSSR count). The predicted molar refractivity (Wildman–Crippen MR) is 123 cm³/mol.